The first-order chi connectivity index (χ1) is 9.29. The van der Waals surface area contributed by atoms with Crippen LogP contribution in [0, 0.1) is 12.8 Å². The number of rotatable bonds is 5. The number of primary sulfonamides is 1. The van der Waals surface area contributed by atoms with E-state index in [-0.39, 0.29) is 15.5 Å². The Morgan fingerprint density at radius 2 is 2.10 bits per heavy atom. The lowest BCUT2D eigenvalue weighted by molar-refractivity contribution is 0.0494. The van der Waals surface area contributed by atoms with Gasteiger partial charge in [-0.05, 0) is 37.0 Å². The van der Waals surface area contributed by atoms with Crippen LogP contribution < -0.4 is 5.14 Å². The molecule has 2 rings (SSSR count). The van der Waals surface area contributed by atoms with Crippen molar-refractivity contribution in [2.24, 2.45) is 11.1 Å². The van der Waals surface area contributed by atoms with Crippen LogP contribution in [0.1, 0.15) is 35.2 Å². The molecule has 0 unspecified atom stereocenters. The first-order valence-electron chi connectivity index (χ1n) is 6.29. The van der Waals surface area contributed by atoms with Crippen molar-refractivity contribution in [3.63, 3.8) is 0 Å². The highest BCUT2D eigenvalue weighted by Gasteiger charge is 2.22. The molecule has 0 atom stereocenters. The number of sulfonamides is 1. The largest absolute Gasteiger partial charge is 0.462 e. The van der Waals surface area contributed by atoms with Crippen molar-refractivity contribution in [2.45, 2.75) is 31.1 Å². The molecule has 1 aromatic rings. The number of halogens is 1. The normalized spacial score (nSPS) is 15.2. The minimum Gasteiger partial charge on any atom is -0.462 e. The molecule has 2 N–H and O–H groups in total. The Morgan fingerprint density at radius 3 is 2.65 bits per heavy atom. The predicted octanol–water partition coefficient (Wildman–Crippen LogP) is 2.25. The van der Waals surface area contributed by atoms with Gasteiger partial charge in [-0.3, -0.25) is 0 Å². The summed E-state index contributed by atoms with van der Waals surface area (Å²) < 4.78 is 28.0. The van der Waals surface area contributed by atoms with E-state index in [1.54, 1.807) is 0 Å². The van der Waals surface area contributed by atoms with Gasteiger partial charge in [0, 0.05) is 5.02 Å². The smallest absolute Gasteiger partial charge is 0.338 e. The van der Waals surface area contributed by atoms with Crippen molar-refractivity contribution >= 4 is 27.6 Å². The lowest BCUT2D eigenvalue weighted by Crippen LogP contribution is -2.16. The third kappa shape index (κ3) is 3.71. The molecule has 1 saturated carbocycles. The Bertz CT molecular complexity index is 638. The Kier molecular flexibility index (Phi) is 4.36. The number of carbonyl (C=O) groups excluding carboxylic acids is 1. The fourth-order valence-corrected chi connectivity index (χ4v) is 2.98. The summed E-state index contributed by atoms with van der Waals surface area (Å²) in [6, 6.07) is 2.60. The van der Waals surface area contributed by atoms with Gasteiger partial charge in [-0.15, -0.1) is 0 Å². The molecule has 0 saturated heterocycles. The number of esters is 1. The SMILES string of the molecule is Cc1c(Cl)cc(C(=O)OCCC2CC2)cc1S(N)(=O)=O. The molecule has 1 fully saturated rings. The molecule has 1 aliphatic rings. The van der Waals surface area contributed by atoms with Crippen molar-refractivity contribution in [3.8, 4) is 0 Å². The van der Waals surface area contributed by atoms with Crippen LogP contribution >= 0.6 is 11.6 Å². The lowest BCUT2D eigenvalue weighted by Gasteiger charge is -2.09. The van der Waals surface area contributed by atoms with Crippen molar-refractivity contribution < 1.29 is 17.9 Å². The Morgan fingerprint density at radius 1 is 1.45 bits per heavy atom. The van der Waals surface area contributed by atoms with Crippen LogP contribution in [0.25, 0.3) is 0 Å². The zero-order valence-electron chi connectivity index (χ0n) is 11.1. The maximum absolute atomic E-state index is 11.9. The molecule has 7 heteroatoms. The molecule has 5 nitrogen and oxygen atoms in total. The number of benzene rings is 1. The van der Waals surface area contributed by atoms with Crippen LogP contribution in [-0.4, -0.2) is 21.0 Å². The summed E-state index contributed by atoms with van der Waals surface area (Å²) in [4.78, 5) is 11.7. The fraction of sp³-hybridized carbons (Fsp3) is 0.462. The van der Waals surface area contributed by atoms with E-state index in [9.17, 15) is 13.2 Å². The minimum absolute atomic E-state index is 0.0976. The second kappa shape index (κ2) is 5.71. The van der Waals surface area contributed by atoms with Gasteiger partial charge in [0.2, 0.25) is 10.0 Å². The Hall–Kier alpha value is -1.11. The zero-order chi connectivity index (χ0) is 14.9. The highest BCUT2D eigenvalue weighted by molar-refractivity contribution is 7.89. The molecule has 0 radical (unpaired) electrons. The summed E-state index contributed by atoms with van der Waals surface area (Å²) in [5, 5.41) is 5.28. The minimum atomic E-state index is -3.93. The zero-order valence-corrected chi connectivity index (χ0v) is 12.6. The number of nitrogens with two attached hydrogens (primary N) is 1. The van der Waals surface area contributed by atoms with Gasteiger partial charge in [-0.25, -0.2) is 18.4 Å². The van der Waals surface area contributed by atoms with Crippen molar-refractivity contribution in [3.05, 3.63) is 28.3 Å². The molecular weight excluding hydrogens is 302 g/mol. The first kappa shape index (κ1) is 15.3. The van der Waals surface area contributed by atoms with Crippen LogP contribution in [-0.2, 0) is 14.8 Å². The number of hydrogen-bond donors (Lipinski definition) is 1. The summed E-state index contributed by atoms with van der Waals surface area (Å²) in [5.41, 5.74) is 0.420. The standard InChI is InChI=1S/C13H16ClNO4S/c1-8-11(14)6-10(7-12(8)20(15,17)18)13(16)19-5-4-9-2-3-9/h6-7,9H,2-5H2,1H3,(H2,15,17,18). The molecule has 110 valence electrons. The lowest BCUT2D eigenvalue weighted by atomic mass is 10.1. The van der Waals surface area contributed by atoms with Gasteiger partial charge < -0.3 is 4.74 Å². The third-order valence-electron chi connectivity index (χ3n) is 3.30. The highest BCUT2D eigenvalue weighted by Crippen LogP contribution is 2.32. The maximum atomic E-state index is 11.9. The third-order valence-corrected chi connectivity index (χ3v) is 4.72. The van der Waals surface area contributed by atoms with E-state index >= 15 is 0 Å². The molecule has 20 heavy (non-hydrogen) atoms. The van der Waals surface area contributed by atoms with E-state index in [4.69, 9.17) is 21.5 Å². The topological polar surface area (TPSA) is 86.5 Å². The van der Waals surface area contributed by atoms with E-state index in [1.807, 2.05) is 0 Å². The predicted molar refractivity (Wildman–Crippen MR) is 75.2 cm³/mol. The Labute approximate surface area is 123 Å². The fourth-order valence-electron chi connectivity index (χ4n) is 1.88. The van der Waals surface area contributed by atoms with Crippen LogP contribution in [0.15, 0.2) is 17.0 Å². The summed E-state index contributed by atoms with van der Waals surface area (Å²) in [5.74, 6) is 0.0711. The quantitative estimate of drug-likeness (QED) is 0.844. The molecule has 1 aliphatic carbocycles. The summed E-state index contributed by atoms with van der Waals surface area (Å²) in [6.45, 7) is 1.87. The van der Waals surface area contributed by atoms with E-state index in [1.165, 1.54) is 31.9 Å². The van der Waals surface area contributed by atoms with Gasteiger partial charge in [0.1, 0.15) is 0 Å². The summed E-state index contributed by atoms with van der Waals surface area (Å²) >= 11 is 5.94. The van der Waals surface area contributed by atoms with E-state index in [2.05, 4.69) is 0 Å². The maximum Gasteiger partial charge on any atom is 0.338 e. The van der Waals surface area contributed by atoms with Gasteiger partial charge in [0.05, 0.1) is 17.1 Å². The van der Waals surface area contributed by atoms with Crippen LogP contribution in [0.3, 0.4) is 0 Å². The molecule has 1 aromatic carbocycles. The number of ether oxygens (including phenoxy) is 1. The molecular formula is C13H16ClNO4S. The van der Waals surface area contributed by atoms with Gasteiger partial charge in [0.25, 0.3) is 0 Å². The molecule has 0 amide bonds. The number of hydrogen-bond acceptors (Lipinski definition) is 4. The van der Waals surface area contributed by atoms with Crippen LogP contribution in [0.4, 0.5) is 0 Å². The van der Waals surface area contributed by atoms with Crippen LogP contribution in [0.5, 0.6) is 0 Å². The van der Waals surface area contributed by atoms with Gasteiger partial charge >= 0.3 is 5.97 Å². The Balaban J connectivity index is 2.18. The van der Waals surface area contributed by atoms with Crippen LogP contribution in [0.2, 0.25) is 5.02 Å². The summed E-state index contributed by atoms with van der Waals surface area (Å²) in [7, 11) is -3.93. The molecule has 0 heterocycles. The molecule has 0 bridgehead atoms. The molecule has 0 spiro atoms. The average molecular weight is 318 g/mol. The number of carbonyl (C=O) groups is 1. The van der Waals surface area contributed by atoms with E-state index < -0.39 is 16.0 Å². The van der Waals surface area contributed by atoms with Crippen molar-refractivity contribution in [1.29, 1.82) is 0 Å². The molecule has 0 aliphatic heterocycles. The second-order valence-corrected chi connectivity index (χ2v) is 6.93. The highest BCUT2D eigenvalue weighted by atomic mass is 35.5. The average Bonchev–Trinajstić information content (AvgIpc) is 3.14. The van der Waals surface area contributed by atoms with E-state index in [0.717, 1.165) is 6.42 Å². The van der Waals surface area contributed by atoms with Crippen molar-refractivity contribution in [1.82, 2.24) is 0 Å². The van der Waals surface area contributed by atoms with Gasteiger partial charge in [-0.1, -0.05) is 24.4 Å². The molecule has 0 aromatic heterocycles. The van der Waals surface area contributed by atoms with E-state index in [0.29, 0.717) is 18.1 Å². The van der Waals surface area contributed by atoms with Gasteiger partial charge in [0.15, 0.2) is 0 Å². The first-order valence-corrected chi connectivity index (χ1v) is 8.21. The second-order valence-electron chi connectivity index (χ2n) is 4.99. The summed E-state index contributed by atoms with van der Waals surface area (Å²) in [6.07, 6.45) is 3.21. The monoisotopic (exact) mass is 317 g/mol. The van der Waals surface area contributed by atoms with Gasteiger partial charge in [-0.2, -0.15) is 0 Å². The van der Waals surface area contributed by atoms with Crippen molar-refractivity contribution in [2.75, 3.05) is 6.61 Å².